The first-order valence-corrected chi connectivity index (χ1v) is 7.11. The molecular weight excluding hydrogens is 242 g/mol. The minimum atomic E-state index is -1.01. The van der Waals surface area contributed by atoms with Crippen molar-refractivity contribution in [3.63, 3.8) is 0 Å². The summed E-state index contributed by atoms with van der Waals surface area (Å²) in [6.07, 6.45) is 4.94. The van der Waals surface area contributed by atoms with Crippen LogP contribution in [0.15, 0.2) is 10.5 Å². The predicted octanol–water partition coefficient (Wildman–Crippen LogP) is 3.59. The number of furan rings is 1. The Morgan fingerprint density at radius 3 is 2.74 bits per heavy atom. The Morgan fingerprint density at radius 2 is 2.21 bits per heavy atom. The molecule has 19 heavy (non-hydrogen) atoms. The van der Waals surface area contributed by atoms with E-state index in [0.29, 0.717) is 18.2 Å². The Hall–Kier alpha value is -1.29. The highest BCUT2D eigenvalue weighted by Crippen LogP contribution is 2.15. The molecule has 1 atom stereocenters. The van der Waals surface area contributed by atoms with E-state index in [-0.39, 0.29) is 5.76 Å². The molecule has 0 aliphatic heterocycles. The number of hydrogen-bond acceptors (Lipinski definition) is 3. The number of nitrogens with one attached hydrogen (secondary N) is 1. The summed E-state index contributed by atoms with van der Waals surface area (Å²) in [5.41, 5.74) is 0.933. The minimum Gasteiger partial charge on any atom is -0.475 e. The number of hydrogen-bond donors (Lipinski definition) is 2. The second-order valence-corrected chi connectivity index (χ2v) is 5.04. The van der Waals surface area contributed by atoms with Gasteiger partial charge < -0.3 is 14.8 Å². The molecule has 0 saturated carbocycles. The smallest absolute Gasteiger partial charge is 0.371 e. The van der Waals surface area contributed by atoms with Gasteiger partial charge in [-0.3, -0.25) is 0 Å². The van der Waals surface area contributed by atoms with E-state index in [1.807, 2.05) is 0 Å². The molecule has 1 aromatic heterocycles. The number of carboxylic acids is 1. The van der Waals surface area contributed by atoms with Crippen molar-refractivity contribution < 1.29 is 14.3 Å². The molecule has 0 bridgehead atoms. The molecule has 0 saturated heterocycles. The molecule has 0 amide bonds. The van der Waals surface area contributed by atoms with Gasteiger partial charge >= 0.3 is 5.97 Å². The molecular formula is C15H25NO3. The fourth-order valence-electron chi connectivity index (χ4n) is 2.16. The number of aromatic carboxylic acids is 1. The summed E-state index contributed by atoms with van der Waals surface area (Å²) in [5.74, 6) is 0.397. The van der Waals surface area contributed by atoms with Gasteiger partial charge in [-0.15, -0.1) is 0 Å². The van der Waals surface area contributed by atoms with E-state index in [9.17, 15) is 4.79 Å². The topological polar surface area (TPSA) is 62.5 Å². The van der Waals surface area contributed by atoms with Crippen molar-refractivity contribution in [3.05, 3.63) is 23.2 Å². The van der Waals surface area contributed by atoms with Crippen LogP contribution >= 0.6 is 0 Å². The molecule has 0 spiro atoms. The normalized spacial score (nSPS) is 12.6. The standard InChI is InChI=1S/C15H25NO3/c1-4-6-7-12(5-2)9-16-10-13-8-14(15(17)18)19-11(13)3/h8,12,16H,4-7,9-10H2,1-3H3,(H,17,18). The zero-order valence-corrected chi connectivity index (χ0v) is 12.2. The SMILES string of the molecule is CCCCC(CC)CNCc1cc(C(=O)O)oc1C. The molecule has 108 valence electrons. The zero-order chi connectivity index (χ0) is 14.3. The van der Waals surface area contributed by atoms with Crippen LogP contribution in [0.3, 0.4) is 0 Å². The molecule has 0 aliphatic carbocycles. The summed E-state index contributed by atoms with van der Waals surface area (Å²) < 4.78 is 5.19. The maximum Gasteiger partial charge on any atom is 0.371 e. The average molecular weight is 267 g/mol. The Labute approximate surface area is 115 Å². The highest BCUT2D eigenvalue weighted by molar-refractivity contribution is 5.84. The lowest BCUT2D eigenvalue weighted by Gasteiger charge is -2.14. The second-order valence-electron chi connectivity index (χ2n) is 5.04. The average Bonchev–Trinajstić information content (AvgIpc) is 2.75. The molecule has 0 radical (unpaired) electrons. The van der Waals surface area contributed by atoms with Crippen molar-refractivity contribution in [1.29, 1.82) is 0 Å². The van der Waals surface area contributed by atoms with E-state index in [1.54, 1.807) is 13.0 Å². The summed E-state index contributed by atoms with van der Waals surface area (Å²) in [6.45, 7) is 7.88. The molecule has 4 nitrogen and oxygen atoms in total. The van der Waals surface area contributed by atoms with Crippen LogP contribution in [0.5, 0.6) is 0 Å². The number of rotatable bonds is 9. The van der Waals surface area contributed by atoms with Crippen LogP contribution < -0.4 is 5.32 Å². The van der Waals surface area contributed by atoms with Gasteiger partial charge in [0.15, 0.2) is 0 Å². The predicted molar refractivity (Wildman–Crippen MR) is 75.4 cm³/mol. The third-order valence-corrected chi connectivity index (χ3v) is 3.52. The molecule has 0 aliphatic rings. The maximum atomic E-state index is 10.8. The van der Waals surface area contributed by atoms with Gasteiger partial charge in [0.05, 0.1) is 0 Å². The van der Waals surface area contributed by atoms with E-state index in [1.165, 1.54) is 25.7 Å². The Balaban J connectivity index is 2.41. The number of carbonyl (C=O) groups is 1. The van der Waals surface area contributed by atoms with Crippen LogP contribution in [0.2, 0.25) is 0 Å². The van der Waals surface area contributed by atoms with Gasteiger partial charge in [-0.2, -0.15) is 0 Å². The fraction of sp³-hybridized carbons (Fsp3) is 0.667. The van der Waals surface area contributed by atoms with Gasteiger partial charge in [0.1, 0.15) is 5.76 Å². The lowest BCUT2D eigenvalue weighted by Crippen LogP contribution is -2.22. The van der Waals surface area contributed by atoms with Crippen molar-refractivity contribution in [3.8, 4) is 0 Å². The lowest BCUT2D eigenvalue weighted by molar-refractivity contribution is 0.0661. The molecule has 2 N–H and O–H groups in total. The summed E-state index contributed by atoms with van der Waals surface area (Å²) in [5, 5.41) is 12.3. The Kier molecular flexibility index (Phi) is 6.64. The van der Waals surface area contributed by atoms with E-state index in [0.717, 1.165) is 12.1 Å². The third-order valence-electron chi connectivity index (χ3n) is 3.52. The van der Waals surface area contributed by atoms with Crippen molar-refractivity contribution in [2.45, 2.75) is 53.0 Å². The first-order valence-electron chi connectivity index (χ1n) is 7.11. The van der Waals surface area contributed by atoms with Crippen LogP contribution in [0.1, 0.15) is 61.4 Å². The van der Waals surface area contributed by atoms with Crippen molar-refractivity contribution >= 4 is 5.97 Å². The highest BCUT2D eigenvalue weighted by atomic mass is 16.4. The Bertz CT molecular complexity index is 398. The molecule has 4 heteroatoms. The number of aryl methyl sites for hydroxylation is 1. The van der Waals surface area contributed by atoms with Gasteiger partial charge in [0.2, 0.25) is 5.76 Å². The fourth-order valence-corrected chi connectivity index (χ4v) is 2.16. The molecule has 0 fully saturated rings. The zero-order valence-electron chi connectivity index (χ0n) is 12.2. The van der Waals surface area contributed by atoms with E-state index >= 15 is 0 Å². The number of unbranched alkanes of at least 4 members (excludes halogenated alkanes) is 1. The third kappa shape index (κ3) is 5.07. The minimum absolute atomic E-state index is 0.0207. The number of carboxylic acid groups (broad SMARTS) is 1. The van der Waals surface area contributed by atoms with Crippen LogP contribution in [0.25, 0.3) is 0 Å². The molecule has 1 rings (SSSR count). The van der Waals surface area contributed by atoms with Crippen LogP contribution in [0.4, 0.5) is 0 Å². The van der Waals surface area contributed by atoms with Crippen molar-refractivity contribution in [1.82, 2.24) is 5.32 Å². The van der Waals surface area contributed by atoms with E-state index < -0.39 is 5.97 Å². The first kappa shape index (κ1) is 15.8. The molecule has 1 aromatic rings. The first-order chi connectivity index (χ1) is 9.08. The summed E-state index contributed by atoms with van der Waals surface area (Å²) in [6, 6.07) is 1.61. The molecule has 0 aromatic carbocycles. The van der Waals surface area contributed by atoms with Gasteiger partial charge in [-0.05, 0) is 31.9 Å². The van der Waals surface area contributed by atoms with E-state index in [4.69, 9.17) is 9.52 Å². The van der Waals surface area contributed by atoms with Crippen LogP contribution in [-0.4, -0.2) is 17.6 Å². The van der Waals surface area contributed by atoms with Gasteiger partial charge in [0, 0.05) is 12.1 Å². The summed E-state index contributed by atoms with van der Waals surface area (Å²) >= 11 is 0. The largest absolute Gasteiger partial charge is 0.475 e. The second kappa shape index (κ2) is 8.00. The van der Waals surface area contributed by atoms with Crippen LogP contribution in [-0.2, 0) is 6.54 Å². The quantitative estimate of drug-likeness (QED) is 0.717. The Morgan fingerprint density at radius 1 is 1.47 bits per heavy atom. The molecule has 1 heterocycles. The van der Waals surface area contributed by atoms with Gasteiger partial charge in [-0.1, -0.05) is 33.1 Å². The van der Waals surface area contributed by atoms with Gasteiger partial charge in [0.25, 0.3) is 0 Å². The maximum absolute atomic E-state index is 10.8. The summed E-state index contributed by atoms with van der Waals surface area (Å²) in [7, 11) is 0. The monoisotopic (exact) mass is 267 g/mol. The van der Waals surface area contributed by atoms with Crippen molar-refractivity contribution in [2.75, 3.05) is 6.54 Å². The lowest BCUT2D eigenvalue weighted by atomic mass is 9.99. The summed E-state index contributed by atoms with van der Waals surface area (Å²) in [4.78, 5) is 10.8. The van der Waals surface area contributed by atoms with E-state index in [2.05, 4.69) is 19.2 Å². The van der Waals surface area contributed by atoms with Crippen LogP contribution in [0, 0.1) is 12.8 Å². The highest BCUT2D eigenvalue weighted by Gasteiger charge is 2.13. The van der Waals surface area contributed by atoms with Crippen molar-refractivity contribution in [2.24, 2.45) is 5.92 Å². The van der Waals surface area contributed by atoms with Gasteiger partial charge in [-0.25, -0.2) is 4.79 Å². The molecule has 1 unspecified atom stereocenters.